The van der Waals surface area contributed by atoms with Crippen molar-refractivity contribution in [2.24, 2.45) is 0 Å². The fraction of sp³-hybridized carbons (Fsp3) is 0.333. The molecule has 0 bridgehead atoms. The van der Waals surface area contributed by atoms with Crippen LogP contribution in [0.2, 0.25) is 5.02 Å². The third-order valence-electron chi connectivity index (χ3n) is 4.94. The van der Waals surface area contributed by atoms with E-state index in [2.05, 4.69) is 17.0 Å². The van der Waals surface area contributed by atoms with Crippen LogP contribution in [-0.4, -0.2) is 48.7 Å². The van der Waals surface area contributed by atoms with Gasteiger partial charge in [-0.1, -0.05) is 28.9 Å². The Bertz CT molecular complexity index is 965. The molecule has 3 heterocycles. The van der Waals surface area contributed by atoms with Gasteiger partial charge in [-0.05, 0) is 36.1 Å². The summed E-state index contributed by atoms with van der Waals surface area (Å²) in [7, 11) is 0. The van der Waals surface area contributed by atoms with Crippen molar-refractivity contribution in [2.75, 3.05) is 37.7 Å². The van der Waals surface area contributed by atoms with E-state index in [9.17, 15) is 4.79 Å². The summed E-state index contributed by atoms with van der Waals surface area (Å²) in [6.07, 6.45) is 0. The summed E-state index contributed by atoms with van der Waals surface area (Å²) < 4.78 is 10.9. The second-order valence-corrected chi connectivity index (χ2v) is 8.34. The number of amides is 1. The average Bonchev–Trinajstić information content (AvgIpc) is 3.42. The number of halogens is 1. The Kier molecular flexibility index (Phi) is 6.18. The molecule has 3 aromatic rings. The van der Waals surface area contributed by atoms with Crippen molar-refractivity contribution >= 4 is 34.5 Å². The molecule has 1 aliphatic rings. The maximum absolute atomic E-state index is 12.5. The van der Waals surface area contributed by atoms with Gasteiger partial charge in [0.2, 0.25) is 5.91 Å². The molecule has 0 saturated carbocycles. The van der Waals surface area contributed by atoms with Crippen molar-refractivity contribution in [2.45, 2.75) is 13.5 Å². The van der Waals surface area contributed by atoms with Crippen molar-refractivity contribution < 1.29 is 14.1 Å². The van der Waals surface area contributed by atoms with Gasteiger partial charge in [0.1, 0.15) is 12.3 Å². The minimum Gasteiger partial charge on any atom is -0.368 e. The van der Waals surface area contributed by atoms with E-state index in [0.717, 1.165) is 34.4 Å². The van der Waals surface area contributed by atoms with E-state index < -0.39 is 0 Å². The second kappa shape index (κ2) is 8.98. The van der Waals surface area contributed by atoms with Crippen molar-refractivity contribution in [3.63, 3.8) is 0 Å². The molecule has 0 radical (unpaired) electrons. The number of anilines is 1. The van der Waals surface area contributed by atoms with Crippen LogP contribution in [0.5, 0.6) is 0 Å². The van der Waals surface area contributed by atoms with E-state index in [0.29, 0.717) is 18.8 Å². The smallest absolute Gasteiger partial charge is 0.248 e. The molecule has 1 saturated heterocycles. The first-order valence-corrected chi connectivity index (χ1v) is 10.7. The highest BCUT2D eigenvalue weighted by atomic mass is 35.5. The quantitative estimate of drug-likeness (QED) is 0.584. The van der Waals surface area contributed by atoms with Gasteiger partial charge in [-0.15, -0.1) is 11.3 Å². The van der Waals surface area contributed by atoms with Crippen molar-refractivity contribution in [3.05, 3.63) is 58.1 Å². The van der Waals surface area contributed by atoms with Crippen LogP contribution in [-0.2, 0) is 16.1 Å². The monoisotopic (exact) mass is 431 g/mol. The number of aromatic nitrogens is 1. The first-order valence-electron chi connectivity index (χ1n) is 9.46. The summed E-state index contributed by atoms with van der Waals surface area (Å²) in [6.45, 7) is 5.26. The number of thiophene rings is 1. The minimum atomic E-state index is -0.00515. The lowest BCUT2D eigenvalue weighted by Gasteiger charge is -2.36. The van der Waals surface area contributed by atoms with Crippen LogP contribution in [0.25, 0.3) is 10.6 Å². The molecule has 1 aromatic carbocycles. The maximum atomic E-state index is 12.5. The fourth-order valence-corrected chi connectivity index (χ4v) is 4.21. The molecule has 4 rings (SSSR count). The average molecular weight is 432 g/mol. The molecule has 0 N–H and O–H groups in total. The third kappa shape index (κ3) is 4.80. The first kappa shape index (κ1) is 19.9. The van der Waals surface area contributed by atoms with E-state index in [4.69, 9.17) is 20.9 Å². The zero-order valence-electron chi connectivity index (χ0n) is 16.1. The van der Waals surface area contributed by atoms with Crippen LogP contribution in [0.4, 0.5) is 5.69 Å². The molecule has 152 valence electrons. The van der Waals surface area contributed by atoms with E-state index >= 15 is 0 Å². The predicted octanol–water partition coefficient (Wildman–Crippen LogP) is 4.23. The van der Waals surface area contributed by atoms with Gasteiger partial charge in [0.05, 0.1) is 11.5 Å². The number of hydrogen-bond donors (Lipinski definition) is 0. The zero-order chi connectivity index (χ0) is 20.2. The van der Waals surface area contributed by atoms with Gasteiger partial charge in [0.25, 0.3) is 0 Å². The Hall–Kier alpha value is -2.35. The van der Waals surface area contributed by atoms with Crippen molar-refractivity contribution in [1.82, 2.24) is 10.1 Å². The predicted molar refractivity (Wildman–Crippen MR) is 114 cm³/mol. The third-order valence-corrected chi connectivity index (χ3v) is 6.06. The summed E-state index contributed by atoms with van der Waals surface area (Å²) in [6, 6.07) is 11.7. The highest BCUT2D eigenvalue weighted by Crippen LogP contribution is 2.26. The molecule has 1 fully saturated rings. The Morgan fingerprint density at radius 2 is 2.07 bits per heavy atom. The number of piperazine rings is 1. The van der Waals surface area contributed by atoms with E-state index in [1.54, 1.807) is 11.3 Å². The molecule has 0 spiro atoms. The van der Waals surface area contributed by atoms with Crippen molar-refractivity contribution in [3.8, 4) is 10.6 Å². The number of hydrogen-bond acceptors (Lipinski definition) is 6. The van der Waals surface area contributed by atoms with Gasteiger partial charge in [-0.25, -0.2) is 0 Å². The number of carbonyl (C=O) groups is 1. The standard InChI is InChI=1S/C21H22ClN3O3S/c1-15-4-5-16(22)11-18(15)24-6-8-25(9-7-24)21(26)14-27-13-17-12-19(28-23-17)20-3-2-10-29-20/h2-5,10-12H,6-9,13-14H2,1H3. The normalized spacial score (nSPS) is 14.4. The number of ether oxygens (including phenoxy) is 1. The van der Waals surface area contributed by atoms with Crippen LogP contribution < -0.4 is 4.90 Å². The van der Waals surface area contributed by atoms with E-state index in [-0.39, 0.29) is 19.1 Å². The minimum absolute atomic E-state index is 0.00515. The fourth-order valence-electron chi connectivity index (χ4n) is 3.37. The van der Waals surface area contributed by atoms with Gasteiger partial charge in [0.15, 0.2) is 5.76 Å². The number of nitrogens with zero attached hydrogens (tertiary/aromatic N) is 3. The Morgan fingerprint density at radius 3 is 2.83 bits per heavy atom. The summed E-state index contributed by atoms with van der Waals surface area (Å²) in [5, 5.41) is 6.72. The highest BCUT2D eigenvalue weighted by Gasteiger charge is 2.22. The van der Waals surface area contributed by atoms with Crippen LogP contribution in [0.15, 0.2) is 46.3 Å². The molecular formula is C21H22ClN3O3S. The van der Waals surface area contributed by atoms with E-state index in [1.165, 1.54) is 5.56 Å². The van der Waals surface area contributed by atoms with E-state index in [1.807, 2.05) is 46.7 Å². The number of rotatable bonds is 6. The molecule has 8 heteroatoms. The van der Waals surface area contributed by atoms with Crippen LogP contribution in [0.3, 0.4) is 0 Å². The number of aryl methyl sites for hydroxylation is 1. The Morgan fingerprint density at radius 1 is 1.24 bits per heavy atom. The lowest BCUT2D eigenvalue weighted by Crippen LogP contribution is -2.50. The van der Waals surface area contributed by atoms with Crippen molar-refractivity contribution in [1.29, 1.82) is 0 Å². The molecule has 0 atom stereocenters. The Labute approximate surface area is 178 Å². The number of benzene rings is 1. The largest absolute Gasteiger partial charge is 0.368 e. The summed E-state index contributed by atoms with van der Waals surface area (Å²) in [5.41, 5.74) is 3.00. The second-order valence-electron chi connectivity index (χ2n) is 6.95. The highest BCUT2D eigenvalue weighted by molar-refractivity contribution is 7.13. The lowest BCUT2D eigenvalue weighted by molar-refractivity contribution is -0.136. The molecule has 0 unspecified atom stereocenters. The van der Waals surface area contributed by atoms with Crippen LogP contribution in [0, 0.1) is 6.92 Å². The van der Waals surface area contributed by atoms with Crippen LogP contribution in [0.1, 0.15) is 11.3 Å². The SMILES string of the molecule is Cc1ccc(Cl)cc1N1CCN(C(=O)COCc2cc(-c3cccs3)on2)CC1. The van der Waals surface area contributed by atoms with Gasteiger partial charge >= 0.3 is 0 Å². The molecule has 29 heavy (non-hydrogen) atoms. The lowest BCUT2D eigenvalue weighted by atomic mass is 10.1. The number of carbonyl (C=O) groups excluding carboxylic acids is 1. The van der Waals surface area contributed by atoms with Gasteiger partial charge < -0.3 is 19.1 Å². The topological polar surface area (TPSA) is 58.8 Å². The zero-order valence-corrected chi connectivity index (χ0v) is 17.7. The Balaban J connectivity index is 1.23. The molecule has 2 aromatic heterocycles. The maximum Gasteiger partial charge on any atom is 0.248 e. The van der Waals surface area contributed by atoms with Gasteiger partial charge in [-0.2, -0.15) is 0 Å². The molecule has 1 amide bonds. The summed E-state index contributed by atoms with van der Waals surface area (Å²) in [5.74, 6) is 0.715. The summed E-state index contributed by atoms with van der Waals surface area (Å²) >= 11 is 7.72. The molecule has 0 aliphatic carbocycles. The molecule has 1 aliphatic heterocycles. The van der Waals surface area contributed by atoms with Gasteiger partial charge in [0, 0.05) is 43.0 Å². The van der Waals surface area contributed by atoms with Gasteiger partial charge in [-0.3, -0.25) is 4.79 Å². The molecule has 6 nitrogen and oxygen atoms in total. The first-order chi connectivity index (χ1) is 14.1. The summed E-state index contributed by atoms with van der Waals surface area (Å²) in [4.78, 5) is 17.6. The molecular weight excluding hydrogens is 410 g/mol. The van der Waals surface area contributed by atoms with Crippen LogP contribution >= 0.6 is 22.9 Å².